The van der Waals surface area contributed by atoms with Gasteiger partial charge in [-0.3, -0.25) is 5.10 Å². The summed E-state index contributed by atoms with van der Waals surface area (Å²) in [6, 6.07) is 5.47. The third-order valence-corrected chi connectivity index (χ3v) is 5.36. The zero-order valence-corrected chi connectivity index (χ0v) is 17.3. The van der Waals surface area contributed by atoms with Crippen molar-refractivity contribution in [3.05, 3.63) is 36.8 Å². The first-order chi connectivity index (χ1) is 13.9. The van der Waals surface area contributed by atoms with Crippen molar-refractivity contribution < 1.29 is 5.11 Å². The van der Waals surface area contributed by atoms with Gasteiger partial charge >= 0.3 is 0 Å². The first kappa shape index (κ1) is 19.4. The van der Waals surface area contributed by atoms with Crippen LogP contribution in [-0.4, -0.2) is 43.6 Å². The molecule has 0 bridgehead atoms. The lowest BCUT2D eigenvalue weighted by Crippen LogP contribution is -2.38. The first-order valence-corrected chi connectivity index (χ1v) is 10.2. The molecule has 29 heavy (non-hydrogen) atoms. The fourth-order valence-electron chi connectivity index (χ4n) is 4.15. The van der Waals surface area contributed by atoms with Gasteiger partial charge in [-0.1, -0.05) is 26.8 Å². The van der Waals surface area contributed by atoms with Crippen LogP contribution in [0.5, 0.6) is 5.75 Å². The summed E-state index contributed by atoms with van der Waals surface area (Å²) in [5.41, 5.74) is 3.31. The van der Waals surface area contributed by atoms with Crippen LogP contribution in [0.15, 0.2) is 36.8 Å². The lowest BCUT2D eigenvalue weighted by atomic mass is 9.81. The van der Waals surface area contributed by atoms with Crippen molar-refractivity contribution in [3.8, 4) is 28.1 Å². The van der Waals surface area contributed by atoms with Gasteiger partial charge in [0.15, 0.2) is 0 Å². The third-order valence-electron chi connectivity index (χ3n) is 5.36. The normalized spacial score (nSPS) is 17.5. The Morgan fingerprint density at radius 3 is 2.69 bits per heavy atom. The van der Waals surface area contributed by atoms with E-state index in [0.29, 0.717) is 28.5 Å². The van der Waals surface area contributed by atoms with Crippen LogP contribution in [0.25, 0.3) is 22.4 Å². The number of phenolic OH excluding ortho intramolecular Hbond substituents is 1. The van der Waals surface area contributed by atoms with E-state index in [1.54, 1.807) is 24.7 Å². The number of hydrogen-bond donors (Lipinski definition) is 2. The number of H-pyrrole nitrogens is 1. The maximum absolute atomic E-state index is 10.5. The number of nitrogens with zero attached hydrogens (tertiary/aromatic N) is 5. The summed E-state index contributed by atoms with van der Waals surface area (Å²) in [6.45, 7) is 8.82. The molecule has 7 nitrogen and oxygen atoms in total. The molecular weight excluding hydrogens is 364 g/mol. The summed E-state index contributed by atoms with van der Waals surface area (Å²) in [4.78, 5) is 6.78. The van der Waals surface area contributed by atoms with Gasteiger partial charge in [0.2, 0.25) is 5.95 Å². The summed E-state index contributed by atoms with van der Waals surface area (Å²) in [6.07, 6.45) is 8.82. The minimum atomic E-state index is 0.149. The van der Waals surface area contributed by atoms with Gasteiger partial charge in [-0.2, -0.15) is 5.10 Å². The highest BCUT2D eigenvalue weighted by molar-refractivity contribution is 5.73. The number of anilines is 1. The maximum Gasteiger partial charge on any atom is 0.245 e. The minimum Gasteiger partial charge on any atom is -0.507 e. The van der Waals surface area contributed by atoms with Crippen LogP contribution in [0.3, 0.4) is 0 Å². The molecular formula is C22H28N6O. The van der Waals surface area contributed by atoms with E-state index in [0.717, 1.165) is 30.6 Å². The average Bonchev–Trinajstić information content (AvgIpc) is 3.22. The zero-order valence-electron chi connectivity index (χ0n) is 17.3. The molecule has 1 unspecified atom stereocenters. The Labute approximate surface area is 171 Å². The second-order valence-electron chi connectivity index (χ2n) is 9.08. The topological polar surface area (TPSA) is 90.8 Å². The second kappa shape index (κ2) is 7.81. The van der Waals surface area contributed by atoms with E-state index in [1.165, 1.54) is 12.8 Å². The maximum atomic E-state index is 10.5. The molecule has 1 aromatic carbocycles. The summed E-state index contributed by atoms with van der Waals surface area (Å²) in [5, 5.41) is 25.9. The highest BCUT2D eigenvalue weighted by atomic mass is 16.3. The standard InChI is InChI=1S/C22H28N6O/c1-22(2,3)10-15-5-4-8-28(14-15)21-23-13-19(26-27-21)18-7-6-16(9-20(18)29)17-11-24-25-12-17/h6-7,9,11-13,15,29H,4-5,8,10,14H2,1-3H3,(H,24,25). The number of benzene rings is 1. The average molecular weight is 393 g/mol. The fourth-order valence-corrected chi connectivity index (χ4v) is 4.15. The molecule has 152 valence electrons. The molecule has 3 aromatic rings. The van der Waals surface area contributed by atoms with Crippen molar-refractivity contribution in [2.24, 2.45) is 11.3 Å². The summed E-state index contributed by atoms with van der Waals surface area (Å²) in [7, 11) is 0. The highest BCUT2D eigenvalue weighted by Gasteiger charge is 2.26. The number of phenols is 1. The molecule has 0 saturated carbocycles. The van der Waals surface area contributed by atoms with Crippen molar-refractivity contribution in [1.29, 1.82) is 0 Å². The van der Waals surface area contributed by atoms with Gasteiger partial charge in [-0.25, -0.2) is 4.98 Å². The van der Waals surface area contributed by atoms with E-state index in [1.807, 2.05) is 12.1 Å². The predicted octanol–water partition coefficient (Wildman–Crippen LogP) is 4.29. The second-order valence-corrected chi connectivity index (χ2v) is 9.08. The lowest BCUT2D eigenvalue weighted by molar-refractivity contribution is 0.264. The molecule has 3 heterocycles. The number of aromatic hydroxyl groups is 1. The molecule has 0 spiro atoms. The number of piperidine rings is 1. The van der Waals surface area contributed by atoms with Gasteiger partial charge in [-0.15, -0.1) is 10.2 Å². The molecule has 0 aliphatic carbocycles. The van der Waals surface area contributed by atoms with E-state index in [9.17, 15) is 5.11 Å². The van der Waals surface area contributed by atoms with Crippen LogP contribution in [0.2, 0.25) is 0 Å². The number of nitrogens with one attached hydrogen (secondary N) is 1. The summed E-state index contributed by atoms with van der Waals surface area (Å²) in [5.74, 6) is 1.48. The van der Waals surface area contributed by atoms with Crippen LogP contribution in [0.4, 0.5) is 5.95 Å². The van der Waals surface area contributed by atoms with Gasteiger partial charge in [0, 0.05) is 30.4 Å². The SMILES string of the molecule is CC(C)(C)CC1CCCN(c2ncc(-c3ccc(-c4cn[nH]c4)cc3O)nn2)C1. The predicted molar refractivity (Wildman–Crippen MR) is 114 cm³/mol. The Hall–Kier alpha value is -2.96. The van der Waals surface area contributed by atoms with Gasteiger partial charge in [0.1, 0.15) is 11.4 Å². The Balaban J connectivity index is 1.49. The Kier molecular flexibility index (Phi) is 5.22. The molecule has 0 amide bonds. The number of rotatable bonds is 4. The number of aromatic amines is 1. The zero-order chi connectivity index (χ0) is 20.4. The van der Waals surface area contributed by atoms with Gasteiger partial charge in [0.05, 0.1) is 12.4 Å². The van der Waals surface area contributed by atoms with E-state index in [-0.39, 0.29) is 5.75 Å². The van der Waals surface area contributed by atoms with Crippen molar-refractivity contribution in [3.63, 3.8) is 0 Å². The first-order valence-electron chi connectivity index (χ1n) is 10.2. The van der Waals surface area contributed by atoms with Gasteiger partial charge in [0.25, 0.3) is 0 Å². The molecule has 7 heteroatoms. The largest absolute Gasteiger partial charge is 0.507 e. The summed E-state index contributed by atoms with van der Waals surface area (Å²) < 4.78 is 0. The highest BCUT2D eigenvalue weighted by Crippen LogP contribution is 2.33. The number of aromatic nitrogens is 5. The van der Waals surface area contributed by atoms with Crippen LogP contribution in [0, 0.1) is 11.3 Å². The smallest absolute Gasteiger partial charge is 0.245 e. The van der Waals surface area contributed by atoms with Gasteiger partial charge < -0.3 is 10.0 Å². The van der Waals surface area contributed by atoms with E-state index in [4.69, 9.17) is 0 Å². The number of hydrogen-bond acceptors (Lipinski definition) is 6. The van der Waals surface area contributed by atoms with Crippen molar-refractivity contribution in [2.75, 3.05) is 18.0 Å². The van der Waals surface area contributed by atoms with Crippen molar-refractivity contribution >= 4 is 5.95 Å². The molecule has 2 N–H and O–H groups in total. The molecule has 1 aliphatic heterocycles. The Morgan fingerprint density at radius 2 is 2.03 bits per heavy atom. The van der Waals surface area contributed by atoms with E-state index in [2.05, 4.69) is 51.0 Å². The Morgan fingerprint density at radius 1 is 1.17 bits per heavy atom. The van der Waals surface area contributed by atoms with Crippen molar-refractivity contribution in [1.82, 2.24) is 25.4 Å². The van der Waals surface area contributed by atoms with Gasteiger partial charge in [-0.05, 0) is 48.3 Å². The quantitative estimate of drug-likeness (QED) is 0.688. The van der Waals surface area contributed by atoms with Crippen LogP contribution in [0.1, 0.15) is 40.0 Å². The lowest BCUT2D eigenvalue weighted by Gasteiger charge is -2.35. The summed E-state index contributed by atoms with van der Waals surface area (Å²) >= 11 is 0. The van der Waals surface area contributed by atoms with Crippen LogP contribution >= 0.6 is 0 Å². The monoisotopic (exact) mass is 392 g/mol. The van der Waals surface area contributed by atoms with E-state index < -0.39 is 0 Å². The fraction of sp³-hybridized carbons (Fsp3) is 0.455. The molecule has 1 aliphatic rings. The van der Waals surface area contributed by atoms with E-state index >= 15 is 0 Å². The van der Waals surface area contributed by atoms with Crippen LogP contribution in [-0.2, 0) is 0 Å². The molecule has 1 atom stereocenters. The molecule has 4 rings (SSSR count). The molecule has 1 fully saturated rings. The third kappa shape index (κ3) is 4.55. The van der Waals surface area contributed by atoms with Crippen LogP contribution < -0.4 is 4.90 Å². The molecule has 1 saturated heterocycles. The van der Waals surface area contributed by atoms with Crippen molar-refractivity contribution in [2.45, 2.75) is 40.0 Å². The molecule has 0 radical (unpaired) electrons. The Bertz CT molecular complexity index is 946. The minimum absolute atomic E-state index is 0.149. The molecule has 2 aromatic heterocycles.